The first kappa shape index (κ1) is 14.6. The molecule has 1 amide bonds. The van der Waals surface area contributed by atoms with Crippen LogP contribution in [0.15, 0.2) is 18.3 Å². The van der Waals surface area contributed by atoms with E-state index in [1.807, 2.05) is 35.6 Å². The predicted octanol–water partition coefficient (Wildman–Crippen LogP) is 2.58. The number of carbonyl (C=O) groups excluding carboxylic acids is 1. The van der Waals surface area contributed by atoms with E-state index in [2.05, 4.69) is 25.3 Å². The summed E-state index contributed by atoms with van der Waals surface area (Å²) in [4.78, 5) is 28.9. The predicted molar refractivity (Wildman–Crippen MR) is 86.0 cm³/mol. The Kier molecular flexibility index (Phi) is 4.03. The molecule has 0 radical (unpaired) electrons. The molecular weight excluding hydrogens is 405 g/mol. The van der Waals surface area contributed by atoms with Crippen LogP contribution in [-0.4, -0.2) is 25.8 Å². The lowest BCUT2D eigenvalue weighted by molar-refractivity contribution is -0.117. The third kappa shape index (κ3) is 3.46. The van der Waals surface area contributed by atoms with E-state index < -0.39 is 0 Å². The highest BCUT2D eigenvalue weighted by molar-refractivity contribution is 14.1. The Morgan fingerprint density at radius 2 is 2.24 bits per heavy atom. The van der Waals surface area contributed by atoms with Crippen molar-refractivity contribution in [2.75, 3.05) is 5.32 Å². The number of amides is 1. The summed E-state index contributed by atoms with van der Waals surface area (Å²) in [6.45, 7) is 1.91. The van der Waals surface area contributed by atoms with Crippen LogP contribution in [0.25, 0.3) is 0 Å². The van der Waals surface area contributed by atoms with Gasteiger partial charge >= 0.3 is 0 Å². The fourth-order valence-electron chi connectivity index (χ4n) is 2.09. The third-order valence-corrected chi connectivity index (χ3v) is 3.87. The van der Waals surface area contributed by atoms with Gasteiger partial charge in [0.2, 0.25) is 5.91 Å². The largest absolute Gasteiger partial charge is 0.310 e. The van der Waals surface area contributed by atoms with Crippen molar-refractivity contribution in [1.82, 2.24) is 19.9 Å². The highest BCUT2D eigenvalue weighted by atomic mass is 127. The lowest BCUT2D eigenvalue weighted by Crippen LogP contribution is -2.16. The molecule has 1 aliphatic rings. The van der Waals surface area contributed by atoms with Gasteiger partial charge in [-0.2, -0.15) is 0 Å². The van der Waals surface area contributed by atoms with Crippen molar-refractivity contribution in [2.45, 2.75) is 19.3 Å². The molecule has 2 aromatic heterocycles. The number of aryl methyl sites for hydroxylation is 1. The van der Waals surface area contributed by atoms with Crippen LogP contribution >= 0.6 is 34.2 Å². The van der Waals surface area contributed by atoms with Gasteiger partial charge in [-0.3, -0.25) is 4.79 Å². The summed E-state index contributed by atoms with van der Waals surface area (Å²) in [6, 6.07) is 3.37. The van der Waals surface area contributed by atoms with E-state index in [0.717, 1.165) is 17.9 Å². The number of anilines is 1. The minimum absolute atomic E-state index is 0.0845. The number of rotatable bonds is 3. The monoisotopic (exact) mass is 415 g/mol. The Bertz CT molecular complexity index is 690. The topological polar surface area (TPSA) is 80.7 Å². The van der Waals surface area contributed by atoms with Gasteiger partial charge in [0.15, 0.2) is 3.83 Å². The van der Waals surface area contributed by atoms with Crippen molar-refractivity contribution < 1.29 is 4.79 Å². The summed E-state index contributed by atoms with van der Waals surface area (Å²) in [6.07, 6.45) is 2.47. The molecule has 108 valence electrons. The molecular formula is C13H11ClIN5O. The summed E-state index contributed by atoms with van der Waals surface area (Å²) in [5.74, 6) is 1.03. The van der Waals surface area contributed by atoms with E-state index in [4.69, 9.17) is 11.6 Å². The van der Waals surface area contributed by atoms with Gasteiger partial charge in [0.05, 0.1) is 0 Å². The van der Waals surface area contributed by atoms with E-state index in [0.29, 0.717) is 14.8 Å². The first-order valence-electron chi connectivity index (χ1n) is 6.33. The van der Waals surface area contributed by atoms with Crippen LogP contribution in [0.2, 0.25) is 5.15 Å². The standard InChI is InChI=1S/C13H11ClIN5O/c1-6-2-3-16-11(17-6)7-4-8(7)12(21)19-10-5-9(14)18-13(15)20-10/h2-3,5,7-8H,4H2,1H3,(H,18,19,20,21)/t7-,8-/m0/s1. The molecule has 1 fully saturated rings. The Hall–Kier alpha value is -1.35. The van der Waals surface area contributed by atoms with Gasteiger partial charge in [-0.05, 0) is 19.4 Å². The maximum Gasteiger partial charge on any atom is 0.229 e. The van der Waals surface area contributed by atoms with Crippen LogP contribution in [0.1, 0.15) is 23.9 Å². The molecule has 0 bridgehead atoms. The summed E-state index contributed by atoms with van der Waals surface area (Å²) >= 11 is 7.79. The van der Waals surface area contributed by atoms with Crippen LogP contribution in [0.4, 0.5) is 5.82 Å². The highest BCUT2D eigenvalue weighted by Crippen LogP contribution is 2.46. The summed E-state index contributed by atoms with van der Waals surface area (Å²) in [5.41, 5.74) is 0.906. The first-order chi connectivity index (χ1) is 10.0. The van der Waals surface area contributed by atoms with E-state index in [-0.39, 0.29) is 17.7 Å². The Balaban J connectivity index is 1.68. The van der Waals surface area contributed by atoms with Crippen molar-refractivity contribution in [3.63, 3.8) is 0 Å². The van der Waals surface area contributed by atoms with Gasteiger partial charge in [-0.1, -0.05) is 11.6 Å². The van der Waals surface area contributed by atoms with Crippen LogP contribution in [0.3, 0.4) is 0 Å². The van der Waals surface area contributed by atoms with Gasteiger partial charge in [-0.15, -0.1) is 0 Å². The molecule has 0 saturated heterocycles. The molecule has 21 heavy (non-hydrogen) atoms. The number of nitrogens with one attached hydrogen (secondary N) is 1. The number of nitrogens with zero attached hydrogens (tertiary/aromatic N) is 4. The number of hydrogen-bond acceptors (Lipinski definition) is 5. The van der Waals surface area contributed by atoms with Gasteiger partial charge in [-0.25, -0.2) is 19.9 Å². The van der Waals surface area contributed by atoms with Gasteiger partial charge in [0.25, 0.3) is 0 Å². The van der Waals surface area contributed by atoms with Crippen molar-refractivity contribution in [2.24, 2.45) is 5.92 Å². The average molecular weight is 416 g/mol. The van der Waals surface area contributed by atoms with Crippen molar-refractivity contribution in [1.29, 1.82) is 0 Å². The smallest absolute Gasteiger partial charge is 0.229 e. The molecule has 6 nitrogen and oxygen atoms in total. The highest BCUT2D eigenvalue weighted by Gasteiger charge is 2.46. The summed E-state index contributed by atoms with van der Waals surface area (Å²) in [5, 5.41) is 3.07. The maximum absolute atomic E-state index is 12.2. The number of carbonyl (C=O) groups is 1. The van der Waals surface area contributed by atoms with E-state index >= 15 is 0 Å². The molecule has 3 rings (SSSR count). The molecule has 2 heterocycles. The van der Waals surface area contributed by atoms with Gasteiger partial charge < -0.3 is 5.32 Å². The number of halogens is 2. The Labute approximate surface area is 139 Å². The molecule has 2 aromatic rings. The molecule has 0 aliphatic heterocycles. The molecule has 1 aliphatic carbocycles. The van der Waals surface area contributed by atoms with E-state index in [9.17, 15) is 4.79 Å². The molecule has 0 aromatic carbocycles. The van der Waals surface area contributed by atoms with E-state index in [1.165, 1.54) is 6.07 Å². The number of hydrogen-bond donors (Lipinski definition) is 1. The molecule has 1 saturated carbocycles. The van der Waals surface area contributed by atoms with Crippen molar-refractivity contribution >= 4 is 45.9 Å². The quantitative estimate of drug-likeness (QED) is 0.473. The second-order valence-electron chi connectivity index (χ2n) is 4.84. The fourth-order valence-corrected chi connectivity index (χ4v) is 2.94. The maximum atomic E-state index is 12.2. The fraction of sp³-hybridized carbons (Fsp3) is 0.308. The molecule has 0 unspecified atom stereocenters. The Morgan fingerprint density at radius 1 is 1.43 bits per heavy atom. The van der Waals surface area contributed by atoms with E-state index in [1.54, 1.807) is 6.20 Å². The average Bonchev–Trinajstić information content (AvgIpc) is 3.17. The van der Waals surface area contributed by atoms with Crippen LogP contribution in [0.5, 0.6) is 0 Å². The van der Waals surface area contributed by atoms with Crippen molar-refractivity contribution in [3.05, 3.63) is 38.8 Å². The normalized spacial score (nSPS) is 20.1. The van der Waals surface area contributed by atoms with Crippen molar-refractivity contribution in [3.8, 4) is 0 Å². The second kappa shape index (κ2) is 5.80. The first-order valence-corrected chi connectivity index (χ1v) is 7.79. The third-order valence-electron chi connectivity index (χ3n) is 3.19. The Morgan fingerprint density at radius 3 is 2.95 bits per heavy atom. The zero-order valence-electron chi connectivity index (χ0n) is 11.0. The lowest BCUT2D eigenvalue weighted by atomic mass is 10.2. The van der Waals surface area contributed by atoms with Crippen LogP contribution in [-0.2, 0) is 4.79 Å². The van der Waals surface area contributed by atoms with Gasteiger partial charge in [0, 0.05) is 52.4 Å². The zero-order valence-corrected chi connectivity index (χ0v) is 14.0. The molecule has 1 N–H and O–H groups in total. The minimum Gasteiger partial charge on any atom is -0.310 e. The molecule has 0 spiro atoms. The minimum atomic E-state index is -0.113. The number of aromatic nitrogens is 4. The lowest BCUT2D eigenvalue weighted by Gasteiger charge is -2.04. The van der Waals surface area contributed by atoms with Crippen LogP contribution in [0, 0.1) is 16.7 Å². The van der Waals surface area contributed by atoms with Gasteiger partial charge in [0.1, 0.15) is 16.8 Å². The summed E-state index contributed by atoms with van der Waals surface area (Å²) in [7, 11) is 0. The molecule has 2 atom stereocenters. The zero-order chi connectivity index (χ0) is 15.0. The van der Waals surface area contributed by atoms with Crippen LogP contribution < -0.4 is 5.32 Å². The molecule has 8 heteroatoms. The SMILES string of the molecule is Cc1ccnc([C@H]2C[C@@H]2C(=O)Nc2cc(Cl)nc(I)n2)n1. The summed E-state index contributed by atoms with van der Waals surface area (Å²) < 4.78 is 0.491. The second-order valence-corrected chi connectivity index (χ2v) is 6.19.